The van der Waals surface area contributed by atoms with Crippen LogP contribution in [-0.2, 0) is 5.75 Å². The number of hydrogen-bond acceptors (Lipinski definition) is 5. The highest BCUT2D eigenvalue weighted by atomic mass is 32.2. The van der Waals surface area contributed by atoms with Crippen molar-refractivity contribution < 1.29 is 22.5 Å². The number of likely N-dealkylation sites (tertiary alicyclic amines) is 1. The highest BCUT2D eigenvalue weighted by Crippen LogP contribution is 2.34. The van der Waals surface area contributed by atoms with Gasteiger partial charge >= 0.3 is 6.18 Å². The van der Waals surface area contributed by atoms with Crippen molar-refractivity contribution in [3.05, 3.63) is 41.5 Å². The number of hydrogen-bond donors (Lipinski definition) is 0. The highest BCUT2D eigenvalue weighted by Gasteiger charge is 2.42. The molecule has 1 fully saturated rings. The van der Waals surface area contributed by atoms with Crippen LogP contribution in [0.15, 0.2) is 33.7 Å². The van der Waals surface area contributed by atoms with Crippen molar-refractivity contribution in [3.8, 4) is 0 Å². The maximum atomic E-state index is 13.0. The first-order valence-corrected chi connectivity index (χ1v) is 9.20. The molecular weight excluding hydrogens is 367 g/mol. The largest absolute Gasteiger partial charge is 0.393 e. The monoisotopic (exact) mass is 385 g/mol. The van der Waals surface area contributed by atoms with Crippen molar-refractivity contribution in [2.24, 2.45) is 5.92 Å². The van der Waals surface area contributed by atoms with E-state index in [1.165, 1.54) is 16.7 Å². The summed E-state index contributed by atoms with van der Waals surface area (Å²) in [5, 5.41) is 3.80. The van der Waals surface area contributed by atoms with Gasteiger partial charge in [-0.05, 0) is 25.0 Å². The SMILES string of the molecule is Cc1nc(CSc2ccccc2C(=O)N2CCC[C@H](C(F)(F)F)C2)no1. The van der Waals surface area contributed by atoms with Gasteiger partial charge in [0.15, 0.2) is 5.82 Å². The molecule has 5 nitrogen and oxygen atoms in total. The summed E-state index contributed by atoms with van der Waals surface area (Å²) < 4.78 is 43.9. The van der Waals surface area contributed by atoms with Crippen LogP contribution in [0.1, 0.15) is 34.9 Å². The zero-order chi connectivity index (χ0) is 18.7. The van der Waals surface area contributed by atoms with Crippen LogP contribution < -0.4 is 0 Å². The molecule has 1 atom stereocenters. The maximum Gasteiger partial charge on any atom is 0.393 e. The number of rotatable bonds is 4. The average Bonchev–Trinajstić information content (AvgIpc) is 3.04. The van der Waals surface area contributed by atoms with Crippen molar-refractivity contribution in [3.63, 3.8) is 0 Å². The van der Waals surface area contributed by atoms with Crippen LogP contribution in [0.2, 0.25) is 0 Å². The standard InChI is InChI=1S/C17H18F3N3O2S/c1-11-21-15(22-25-11)10-26-14-7-3-2-6-13(14)16(24)23-8-4-5-12(9-23)17(18,19)20/h2-3,6-7,12H,4-5,8-10H2,1H3/t12-/m0/s1. The third-order valence-electron chi connectivity index (χ3n) is 4.22. The maximum absolute atomic E-state index is 13.0. The molecule has 1 aliphatic rings. The number of piperidine rings is 1. The van der Waals surface area contributed by atoms with E-state index in [2.05, 4.69) is 10.1 Å². The Morgan fingerprint density at radius 1 is 1.38 bits per heavy atom. The van der Waals surface area contributed by atoms with E-state index in [9.17, 15) is 18.0 Å². The number of thioether (sulfide) groups is 1. The van der Waals surface area contributed by atoms with Crippen molar-refractivity contribution in [1.29, 1.82) is 0 Å². The van der Waals surface area contributed by atoms with Crippen LogP contribution in [-0.4, -0.2) is 40.2 Å². The van der Waals surface area contributed by atoms with Gasteiger partial charge in [-0.3, -0.25) is 4.79 Å². The van der Waals surface area contributed by atoms with Gasteiger partial charge in [0.05, 0.1) is 17.2 Å². The minimum atomic E-state index is -4.27. The summed E-state index contributed by atoms with van der Waals surface area (Å²) in [6.45, 7) is 1.74. The molecule has 0 unspecified atom stereocenters. The van der Waals surface area contributed by atoms with Crippen molar-refractivity contribution in [1.82, 2.24) is 15.0 Å². The number of alkyl halides is 3. The summed E-state index contributed by atoms with van der Waals surface area (Å²) in [6, 6.07) is 6.91. The number of benzene rings is 1. The van der Waals surface area contributed by atoms with Crippen LogP contribution in [0.5, 0.6) is 0 Å². The number of aromatic nitrogens is 2. The van der Waals surface area contributed by atoms with Gasteiger partial charge in [-0.2, -0.15) is 18.2 Å². The van der Waals surface area contributed by atoms with Crippen molar-refractivity contribution in [2.75, 3.05) is 13.1 Å². The molecule has 9 heteroatoms. The van der Waals surface area contributed by atoms with E-state index in [0.717, 1.165) is 0 Å². The predicted octanol–water partition coefficient (Wildman–Crippen LogP) is 4.08. The first-order valence-electron chi connectivity index (χ1n) is 8.21. The summed E-state index contributed by atoms with van der Waals surface area (Å²) in [5.74, 6) is -0.456. The molecule has 1 amide bonds. The molecule has 0 saturated carbocycles. The van der Waals surface area contributed by atoms with Crippen LogP contribution in [0.25, 0.3) is 0 Å². The Labute approximate surface area is 152 Å². The molecule has 1 aromatic heterocycles. The Balaban J connectivity index is 1.73. The van der Waals surface area contributed by atoms with E-state index in [0.29, 0.717) is 40.9 Å². The van der Waals surface area contributed by atoms with Gasteiger partial charge in [-0.25, -0.2) is 0 Å². The topological polar surface area (TPSA) is 59.2 Å². The Bertz CT molecular complexity index is 779. The molecule has 2 heterocycles. The molecular formula is C17H18F3N3O2S. The minimum absolute atomic E-state index is 0.0703. The Morgan fingerprint density at radius 2 is 2.15 bits per heavy atom. The van der Waals surface area contributed by atoms with E-state index in [-0.39, 0.29) is 18.9 Å². The first kappa shape index (κ1) is 18.8. The van der Waals surface area contributed by atoms with E-state index < -0.39 is 12.1 Å². The van der Waals surface area contributed by atoms with Gasteiger partial charge in [-0.15, -0.1) is 11.8 Å². The second kappa shape index (κ2) is 7.69. The average molecular weight is 385 g/mol. The summed E-state index contributed by atoms with van der Waals surface area (Å²) in [4.78, 5) is 18.9. The molecule has 140 valence electrons. The normalized spacial score (nSPS) is 18.2. The Hall–Kier alpha value is -2.03. The molecule has 1 saturated heterocycles. The molecule has 0 spiro atoms. The summed E-state index contributed by atoms with van der Waals surface area (Å²) in [5.41, 5.74) is 0.403. The second-order valence-corrected chi connectivity index (χ2v) is 7.16. The van der Waals surface area contributed by atoms with Gasteiger partial charge in [0, 0.05) is 24.9 Å². The summed E-state index contributed by atoms with van der Waals surface area (Å²) >= 11 is 1.36. The fourth-order valence-electron chi connectivity index (χ4n) is 2.91. The van der Waals surface area contributed by atoms with Crippen LogP contribution >= 0.6 is 11.8 Å². The number of amides is 1. The third kappa shape index (κ3) is 4.38. The lowest BCUT2D eigenvalue weighted by Crippen LogP contribution is -2.44. The quantitative estimate of drug-likeness (QED) is 0.742. The van der Waals surface area contributed by atoms with E-state index in [4.69, 9.17) is 4.52 Å². The number of aryl methyl sites for hydroxylation is 1. The Morgan fingerprint density at radius 3 is 2.85 bits per heavy atom. The zero-order valence-electron chi connectivity index (χ0n) is 14.1. The van der Waals surface area contributed by atoms with Gasteiger partial charge in [0.1, 0.15) is 0 Å². The van der Waals surface area contributed by atoms with Gasteiger partial charge in [0.25, 0.3) is 5.91 Å². The molecule has 0 aliphatic carbocycles. The van der Waals surface area contributed by atoms with E-state index in [1.807, 2.05) is 0 Å². The number of nitrogens with zero attached hydrogens (tertiary/aromatic N) is 3. The number of carbonyl (C=O) groups is 1. The second-order valence-electron chi connectivity index (χ2n) is 6.15. The van der Waals surface area contributed by atoms with E-state index >= 15 is 0 Å². The third-order valence-corrected chi connectivity index (χ3v) is 5.28. The predicted molar refractivity (Wildman–Crippen MR) is 89.7 cm³/mol. The van der Waals surface area contributed by atoms with Crippen LogP contribution in [0, 0.1) is 12.8 Å². The number of halogens is 3. The lowest BCUT2D eigenvalue weighted by atomic mass is 9.97. The van der Waals surface area contributed by atoms with Gasteiger partial charge in [0.2, 0.25) is 5.89 Å². The lowest BCUT2D eigenvalue weighted by Gasteiger charge is -2.34. The zero-order valence-corrected chi connectivity index (χ0v) is 14.9. The van der Waals surface area contributed by atoms with Crippen molar-refractivity contribution in [2.45, 2.75) is 36.6 Å². The molecule has 1 aliphatic heterocycles. The molecule has 1 aromatic carbocycles. The molecule has 3 rings (SSSR count). The van der Waals surface area contributed by atoms with Gasteiger partial charge in [-0.1, -0.05) is 17.3 Å². The number of carbonyl (C=O) groups excluding carboxylic acids is 1. The lowest BCUT2D eigenvalue weighted by molar-refractivity contribution is -0.184. The smallest absolute Gasteiger partial charge is 0.340 e. The fourth-order valence-corrected chi connectivity index (χ4v) is 3.80. The van der Waals surface area contributed by atoms with E-state index in [1.54, 1.807) is 31.2 Å². The highest BCUT2D eigenvalue weighted by molar-refractivity contribution is 7.98. The van der Waals surface area contributed by atoms with Gasteiger partial charge < -0.3 is 9.42 Å². The van der Waals surface area contributed by atoms with Crippen LogP contribution in [0.4, 0.5) is 13.2 Å². The first-order chi connectivity index (χ1) is 12.3. The summed E-state index contributed by atoms with van der Waals surface area (Å²) in [6.07, 6.45) is -3.85. The molecule has 0 radical (unpaired) electrons. The van der Waals surface area contributed by atoms with Crippen molar-refractivity contribution >= 4 is 17.7 Å². The molecule has 0 bridgehead atoms. The minimum Gasteiger partial charge on any atom is -0.340 e. The molecule has 0 N–H and O–H groups in total. The molecule has 2 aromatic rings. The Kier molecular flexibility index (Phi) is 5.55. The molecule has 26 heavy (non-hydrogen) atoms. The fraction of sp³-hybridized carbons (Fsp3) is 0.471. The summed E-state index contributed by atoms with van der Waals surface area (Å²) in [7, 11) is 0. The van der Waals surface area contributed by atoms with Crippen LogP contribution in [0.3, 0.4) is 0 Å².